The Morgan fingerprint density at radius 2 is 2.44 bits per heavy atom. The van der Waals surface area contributed by atoms with Crippen molar-refractivity contribution in [3.05, 3.63) is 0 Å². The first kappa shape index (κ1) is 13.1. The highest BCUT2D eigenvalue weighted by molar-refractivity contribution is 5.72. The molecule has 0 N–H and O–H groups in total. The summed E-state index contributed by atoms with van der Waals surface area (Å²) in [4.78, 5) is 13.9. The lowest BCUT2D eigenvalue weighted by molar-refractivity contribution is -0.149. The zero-order valence-electron chi connectivity index (χ0n) is 10.1. The van der Waals surface area contributed by atoms with Crippen LogP contribution in [0.5, 0.6) is 0 Å². The predicted octanol–water partition coefficient (Wildman–Crippen LogP) is 1.67. The predicted molar refractivity (Wildman–Crippen MR) is 63.9 cm³/mol. The van der Waals surface area contributed by atoms with E-state index >= 15 is 0 Å². The van der Waals surface area contributed by atoms with E-state index in [0.29, 0.717) is 6.61 Å². The lowest BCUT2D eigenvalue weighted by atomic mass is 9.98. The van der Waals surface area contributed by atoms with Crippen LogP contribution in [0.2, 0.25) is 0 Å². The van der Waals surface area contributed by atoms with Gasteiger partial charge in [-0.25, -0.2) is 0 Å². The molecule has 1 heterocycles. The van der Waals surface area contributed by atoms with E-state index in [4.69, 9.17) is 11.2 Å². The molecule has 0 spiro atoms. The Morgan fingerprint density at radius 3 is 3.12 bits per heavy atom. The van der Waals surface area contributed by atoms with E-state index in [-0.39, 0.29) is 11.9 Å². The standard InChI is InChI=1S/C13H21NO2/c1-3-5-6-9-14-10-7-8-12(11-14)13(15)16-4-2/h1,12H,4-11H2,2H3/t12-/m1/s1. The number of carbonyl (C=O) groups excluding carboxylic acids is 1. The van der Waals surface area contributed by atoms with Crippen molar-refractivity contribution in [3.8, 4) is 12.3 Å². The Morgan fingerprint density at radius 1 is 1.62 bits per heavy atom. The fraction of sp³-hybridized carbons (Fsp3) is 0.769. The summed E-state index contributed by atoms with van der Waals surface area (Å²) in [5.74, 6) is 2.67. The van der Waals surface area contributed by atoms with Crippen LogP contribution >= 0.6 is 0 Å². The number of rotatable bonds is 5. The molecule has 0 aromatic heterocycles. The fourth-order valence-corrected chi connectivity index (χ4v) is 2.12. The van der Waals surface area contributed by atoms with Gasteiger partial charge in [0, 0.05) is 13.0 Å². The first-order chi connectivity index (χ1) is 7.77. The summed E-state index contributed by atoms with van der Waals surface area (Å²) in [5, 5.41) is 0. The lowest BCUT2D eigenvalue weighted by Gasteiger charge is -2.31. The summed E-state index contributed by atoms with van der Waals surface area (Å²) in [6.45, 7) is 5.25. The molecule has 3 heteroatoms. The number of piperidine rings is 1. The molecule has 3 nitrogen and oxygen atoms in total. The Hall–Kier alpha value is -1.01. The van der Waals surface area contributed by atoms with Crippen molar-refractivity contribution in [1.82, 2.24) is 4.90 Å². The number of unbranched alkanes of at least 4 members (excludes halogenated alkanes) is 1. The maximum Gasteiger partial charge on any atom is 0.310 e. The Bertz CT molecular complexity index is 257. The van der Waals surface area contributed by atoms with Gasteiger partial charge in [-0.3, -0.25) is 4.79 Å². The van der Waals surface area contributed by atoms with Crippen LogP contribution in [0, 0.1) is 18.3 Å². The molecular formula is C13H21NO2. The zero-order chi connectivity index (χ0) is 11.8. The number of esters is 1. The molecule has 0 bridgehead atoms. The van der Waals surface area contributed by atoms with Crippen LogP contribution in [0.15, 0.2) is 0 Å². The molecule has 0 saturated carbocycles. The van der Waals surface area contributed by atoms with Gasteiger partial charge in [-0.05, 0) is 39.3 Å². The summed E-state index contributed by atoms with van der Waals surface area (Å²) in [6.07, 6.45) is 9.10. The molecule has 1 aliphatic rings. The van der Waals surface area contributed by atoms with Gasteiger partial charge in [0.15, 0.2) is 0 Å². The second-order valence-electron chi connectivity index (χ2n) is 4.20. The Balaban J connectivity index is 2.29. The minimum Gasteiger partial charge on any atom is -0.466 e. The smallest absolute Gasteiger partial charge is 0.310 e. The number of ether oxygens (including phenoxy) is 1. The number of likely N-dealkylation sites (tertiary alicyclic amines) is 1. The van der Waals surface area contributed by atoms with Gasteiger partial charge in [-0.15, -0.1) is 12.3 Å². The molecule has 1 aliphatic heterocycles. The summed E-state index contributed by atoms with van der Waals surface area (Å²) < 4.78 is 5.06. The quantitative estimate of drug-likeness (QED) is 0.403. The minimum atomic E-state index is -0.0378. The van der Waals surface area contributed by atoms with E-state index in [9.17, 15) is 4.79 Å². The van der Waals surface area contributed by atoms with E-state index in [1.807, 2.05) is 6.92 Å². The third kappa shape index (κ3) is 4.24. The second kappa shape index (κ2) is 7.29. The van der Waals surface area contributed by atoms with Crippen molar-refractivity contribution in [1.29, 1.82) is 0 Å². The average molecular weight is 223 g/mol. The molecule has 1 atom stereocenters. The van der Waals surface area contributed by atoms with Crippen molar-refractivity contribution in [2.45, 2.75) is 32.6 Å². The summed E-state index contributed by atoms with van der Waals surface area (Å²) >= 11 is 0. The molecule has 0 radical (unpaired) electrons. The van der Waals surface area contributed by atoms with Crippen LogP contribution in [0.25, 0.3) is 0 Å². The van der Waals surface area contributed by atoms with Crippen LogP contribution in [0.3, 0.4) is 0 Å². The van der Waals surface area contributed by atoms with Crippen LogP contribution in [-0.4, -0.2) is 37.1 Å². The number of terminal acetylenes is 1. The maximum absolute atomic E-state index is 11.6. The van der Waals surface area contributed by atoms with Crippen molar-refractivity contribution in [2.24, 2.45) is 5.92 Å². The third-order valence-electron chi connectivity index (χ3n) is 2.92. The fourth-order valence-electron chi connectivity index (χ4n) is 2.12. The van der Waals surface area contributed by atoms with E-state index in [1.165, 1.54) is 0 Å². The highest BCUT2D eigenvalue weighted by Crippen LogP contribution is 2.18. The van der Waals surface area contributed by atoms with Crippen molar-refractivity contribution < 1.29 is 9.53 Å². The summed E-state index contributed by atoms with van der Waals surface area (Å²) in [6, 6.07) is 0. The molecule has 0 aliphatic carbocycles. The van der Waals surface area contributed by atoms with Crippen LogP contribution in [0.1, 0.15) is 32.6 Å². The van der Waals surface area contributed by atoms with Crippen molar-refractivity contribution >= 4 is 5.97 Å². The Kier molecular flexibility index (Phi) is 5.95. The Labute approximate surface area is 98.1 Å². The second-order valence-corrected chi connectivity index (χ2v) is 4.20. The molecule has 0 amide bonds. The molecular weight excluding hydrogens is 202 g/mol. The van der Waals surface area contributed by atoms with Crippen LogP contribution in [0.4, 0.5) is 0 Å². The van der Waals surface area contributed by atoms with Gasteiger partial charge in [0.1, 0.15) is 0 Å². The molecule has 0 aromatic carbocycles. The number of hydrogen-bond acceptors (Lipinski definition) is 3. The SMILES string of the molecule is C#CCCCN1CCC[C@@H](C(=O)OCC)C1. The summed E-state index contributed by atoms with van der Waals surface area (Å²) in [7, 11) is 0. The largest absolute Gasteiger partial charge is 0.466 e. The van der Waals surface area contributed by atoms with Crippen molar-refractivity contribution in [3.63, 3.8) is 0 Å². The molecule has 1 fully saturated rings. The summed E-state index contributed by atoms with van der Waals surface area (Å²) in [5.41, 5.74) is 0. The molecule has 16 heavy (non-hydrogen) atoms. The number of carbonyl (C=O) groups is 1. The zero-order valence-corrected chi connectivity index (χ0v) is 10.1. The van der Waals surface area contributed by atoms with Gasteiger partial charge >= 0.3 is 5.97 Å². The third-order valence-corrected chi connectivity index (χ3v) is 2.92. The molecule has 1 saturated heterocycles. The molecule has 0 unspecified atom stereocenters. The monoisotopic (exact) mass is 223 g/mol. The van der Waals surface area contributed by atoms with Crippen LogP contribution < -0.4 is 0 Å². The topological polar surface area (TPSA) is 29.5 Å². The molecule has 1 rings (SSSR count). The maximum atomic E-state index is 11.6. The normalized spacial score (nSPS) is 21.4. The van der Waals surface area contributed by atoms with Gasteiger partial charge in [0.25, 0.3) is 0 Å². The first-order valence-electron chi connectivity index (χ1n) is 6.10. The molecule has 0 aromatic rings. The first-order valence-corrected chi connectivity index (χ1v) is 6.10. The van der Waals surface area contributed by atoms with E-state index < -0.39 is 0 Å². The van der Waals surface area contributed by atoms with E-state index in [0.717, 1.165) is 45.3 Å². The number of nitrogens with zero attached hydrogens (tertiary/aromatic N) is 1. The minimum absolute atomic E-state index is 0.0378. The average Bonchev–Trinajstić information content (AvgIpc) is 2.30. The van der Waals surface area contributed by atoms with Gasteiger partial charge in [-0.1, -0.05) is 0 Å². The van der Waals surface area contributed by atoms with Crippen molar-refractivity contribution in [2.75, 3.05) is 26.2 Å². The van der Waals surface area contributed by atoms with Crippen LogP contribution in [-0.2, 0) is 9.53 Å². The molecule has 90 valence electrons. The highest BCUT2D eigenvalue weighted by Gasteiger charge is 2.26. The van der Waals surface area contributed by atoms with Gasteiger partial charge in [-0.2, -0.15) is 0 Å². The van der Waals surface area contributed by atoms with Gasteiger partial charge < -0.3 is 9.64 Å². The lowest BCUT2D eigenvalue weighted by Crippen LogP contribution is -2.39. The van der Waals surface area contributed by atoms with Gasteiger partial charge in [0.2, 0.25) is 0 Å². The van der Waals surface area contributed by atoms with E-state index in [1.54, 1.807) is 0 Å². The highest BCUT2D eigenvalue weighted by atomic mass is 16.5. The van der Waals surface area contributed by atoms with E-state index in [2.05, 4.69) is 10.8 Å². The van der Waals surface area contributed by atoms with Gasteiger partial charge in [0.05, 0.1) is 12.5 Å². The number of hydrogen-bond donors (Lipinski definition) is 0.